The number of rotatable bonds is 4. The molecule has 2 N–H and O–H groups in total. The van der Waals surface area contributed by atoms with Gasteiger partial charge in [0, 0.05) is 36.9 Å². The molecule has 2 unspecified atom stereocenters. The number of hydrogen-bond donors (Lipinski definition) is 1. The Morgan fingerprint density at radius 1 is 1.17 bits per heavy atom. The molecule has 0 spiro atoms. The van der Waals surface area contributed by atoms with Crippen molar-refractivity contribution < 1.29 is 19.1 Å². The smallest absolute Gasteiger partial charge is 0.253 e. The Balaban J connectivity index is 0.00000192. The SMILES string of the molecule is Cl.Nc1ccc(OC2COCCC2CN2C(=O)C=CC2=O)cc1. The number of halogens is 1. The fourth-order valence-electron chi connectivity index (χ4n) is 2.66. The van der Waals surface area contributed by atoms with Crippen LogP contribution in [-0.4, -0.2) is 42.6 Å². The molecule has 2 atom stereocenters. The van der Waals surface area contributed by atoms with Crippen molar-refractivity contribution in [1.82, 2.24) is 4.90 Å². The van der Waals surface area contributed by atoms with Gasteiger partial charge in [0.2, 0.25) is 0 Å². The van der Waals surface area contributed by atoms with Crippen molar-refractivity contribution in [3.8, 4) is 5.75 Å². The van der Waals surface area contributed by atoms with Gasteiger partial charge in [0.15, 0.2) is 0 Å². The number of anilines is 1. The first kappa shape index (κ1) is 17.3. The summed E-state index contributed by atoms with van der Waals surface area (Å²) in [5.41, 5.74) is 6.33. The third kappa shape index (κ3) is 4.03. The summed E-state index contributed by atoms with van der Waals surface area (Å²) in [6, 6.07) is 7.14. The molecule has 1 fully saturated rings. The molecule has 6 nitrogen and oxygen atoms in total. The van der Waals surface area contributed by atoms with E-state index in [1.165, 1.54) is 17.1 Å². The number of carbonyl (C=O) groups excluding carboxylic acids is 2. The summed E-state index contributed by atoms with van der Waals surface area (Å²) in [6.07, 6.45) is 3.16. The molecular formula is C16H19ClN2O4. The predicted molar refractivity (Wildman–Crippen MR) is 87.3 cm³/mol. The van der Waals surface area contributed by atoms with Crippen molar-refractivity contribution in [3.05, 3.63) is 36.4 Å². The molecule has 23 heavy (non-hydrogen) atoms. The maximum absolute atomic E-state index is 11.7. The summed E-state index contributed by atoms with van der Waals surface area (Å²) >= 11 is 0. The van der Waals surface area contributed by atoms with E-state index in [2.05, 4.69) is 0 Å². The van der Waals surface area contributed by atoms with E-state index in [9.17, 15) is 9.59 Å². The monoisotopic (exact) mass is 338 g/mol. The van der Waals surface area contributed by atoms with Crippen molar-refractivity contribution in [3.63, 3.8) is 0 Å². The Morgan fingerprint density at radius 2 is 1.83 bits per heavy atom. The molecule has 1 aromatic carbocycles. The molecule has 3 rings (SSSR count). The Morgan fingerprint density at radius 3 is 2.48 bits per heavy atom. The predicted octanol–water partition coefficient (Wildman–Crippen LogP) is 1.40. The van der Waals surface area contributed by atoms with E-state index in [0.29, 0.717) is 31.2 Å². The lowest BCUT2D eigenvalue weighted by atomic mass is 9.96. The zero-order valence-corrected chi connectivity index (χ0v) is 13.3. The topological polar surface area (TPSA) is 81.9 Å². The highest BCUT2D eigenvalue weighted by atomic mass is 35.5. The molecule has 1 aromatic rings. The van der Waals surface area contributed by atoms with E-state index in [0.717, 1.165) is 6.42 Å². The number of amides is 2. The Kier molecular flexibility index (Phi) is 5.63. The molecular weight excluding hydrogens is 320 g/mol. The minimum absolute atomic E-state index is 0. The van der Waals surface area contributed by atoms with E-state index >= 15 is 0 Å². The summed E-state index contributed by atoms with van der Waals surface area (Å²) in [7, 11) is 0. The van der Waals surface area contributed by atoms with Gasteiger partial charge in [-0.15, -0.1) is 12.4 Å². The van der Waals surface area contributed by atoms with Gasteiger partial charge < -0.3 is 15.2 Å². The van der Waals surface area contributed by atoms with Crippen molar-refractivity contribution >= 4 is 29.9 Å². The van der Waals surface area contributed by atoms with Crippen molar-refractivity contribution in [2.24, 2.45) is 5.92 Å². The van der Waals surface area contributed by atoms with Crippen molar-refractivity contribution in [2.45, 2.75) is 12.5 Å². The average molecular weight is 339 g/mol. The summed E-state index contributed by atoms with van der Waals surface area (Å²) in [6.45, 7) is 1.41. The lowest BCUT2D eigenvalue weighted by Crippen LogP contribution is -2.45. The zero-order chi connectivity index (χ0) is 15.5. The molecule has 124 valence electrons. The number of nitrogens with two attached hydrogens (primary N) is 1. The van der Waals surface area contributed by atoms with Crippen LogP contribution in [0, 0.1) is 5.92 Å². The number of ether oxygens (including phenoxy) is 2. The zero-order valence-electron chi connectivity index (χ0n) is 12.5. The minimum Gasteiger partial charge on any atom is -0.488 e. The fourth-order valence-corrected chi connectivity index (χ4v) is 2.66. The van der Waals surface area contributed by atoms with Crippen LogP contribution in [0.4, 0.5) is 5.69 Å². The number of benzene rings is 1. The molecule has 0 aliphatic carbocycles. The lowest BCUT2D eigenvalue weighted by Gasteiger charge is -2.33. The van der Waals surface area contributed by atoms with Crippen LogP contribution in [0.5, 0.6) is 5.75 Å². The van der Waals surface area contributed by atoms with Gasteiger partial charge in [0.25, 0.3) is 11.8 Å². The molecule has 0 radical (unpaired) electrons. The van der Waals surface area contributed by atoms with Crippen LogP contribution in [-0.2, 0) is 14.3 Å². The fraction of sp³-hybridized carbons (Fsp3) is 0.375. The number of hydrogen-bond acceptors (Lipinski definition) is 5. The van der Waals surface area contributed by atoms with E-state index < -0.39 is 0 Å². The van der Waals surface area contributed by atoms with Crippen LogP contribution >= 0.6 is 12.4 Å². The van der Waals surface area contributed by atoms with Gasteiger partial charge in [-0.3, -0.25) is 14.5 Å². The summed E-state index contributed by atoms with van der Waals surface area (Å²) in [5.74, 6) is 0.233. The van der Waals surface area contributed by atoms with E-state index in [1.807, 2.05) is 0 Å². The Hall–Kier alpha value is -2.05. The van der Waals surface area contributed by atoms with Gasteiger partial charge in [0.05, 0.1) is 6.61 Å². The quantitative estimate of drug-likeness (QED) is 0.663. The molecule has 1 saturated heterocycles. The first-order chi connectivity index (χ1) is 10.6. The maximum Gasteiger partial charge on any atom is 0.253 e. The number of nitrogen functional groups attached to an aromatic ring is 1. The van der Waals surface area contributed by atoms with Gasteiger partial charge in [0.1, 0.15) is 11.9 Å². The normalized spacial score (nSPS) is 23.7. The number of carbonyl (C=O) groups is 2. The van der Waals surface area contributed by atoms with Gasteiger partial charge in [-0.25, -0.2) is 0 Å². The largest absolute Gasteiger partial charge is 0.488 e. The van der Waals surface area contributed by atoms with Crippen molar-refractivity contribution in [2.75, 3.05) is 25.5 Å². The lowest BCUT2D eigenvalue weighted by molar-refractivity contribution is -0.139. The van der Waals surface area contributed by atoms with Crippen LogP contribution in [0.25, 0.3) is 0 Å². The van der Waals surface area contributed by atoms with Crippen LogP contribution in [0.2, 0.25) is 0 Å². The highest BCUT2D eigenvalue weighted by Crippen LogP contribution is 2.24. The average Bonchev–Trinajstić information content (AvgIpc) is 2.83. The van der Waals surface area contributed by atoms with Crippen LogP contribution in [0.15, 0.2) is 36.4 Å². The Labute approximate surface area is 140 Å². The maximum atomic E-state index is 11.7. The first-order valence-electron chi connectivity index (χ1n) is 7.27. The Bertz CT molecular complexity index is 585. The standard InChI is InChI=1S/C16H18N2O4.ClH/c17-12-1-3-13(4-2-12)22-14-10-21-8-7-11(14)9-18-15(19)5-6-16(18)20;/h1-6,11,14H,7-10,17H2;1H. The van der Waals surface area contributed by atoms with Gasteiger partial charge >= 0.3 is 0 Å². The summed E-state index contributed by atoms with van der Waals surface area (Å²) in [4.78, 5) is 24.6. The van der Waals surface area contributed by atoms with Crippen LogP contribution in [0.1, 0.15) is 6.42 Å². The molecule has 0 bridgehead atoms. The van der Waals surface area contributed by atoms with Crippen LogP contribution < -0.4 is 10.5 Å². The minimum atomic E-state index is -0.261. The number of imide groups is 1. The molecule has 0 aromatic heterocycles. The third-order valence-electron chi connectivity index (χ3n) is 3.93. The van der Waals surface area contributed by atoms with Crippen LogP contribution in [0.3, 0.4) is 0 Å². The van der Waals surface area contributed by atoms with E-state index in [1.54, 1.807) is 24.3 Å². The first-order valence-corrected chi connectivity index (χ1v) is 7.27. The number of nitrogens with zero attached hydrogens (tertiary/aromatic N) is 1. The second-order valence-electron chi connectivity index (χ2n) is 5.47. The molecule has 7 heteroatoms. The molecule has 2 aliphatic rings. The molecule has 2 aliphatic heterocycles. The van der Waals surface area contributed by atoms with E-state index in [-0.39, 0.29) is 36.2 Å². The second-order valence-corrected chi connectivity index (χ2v) is 5.47. The molecule has 0 saturated carbocycles. The van der Waals surface area contributed by atoms with E-state index in [4.69, 9.17) is 15.2 Å². The van der Waals surface area contributed by atoms with Crippen molar-refractivity contribution in [1.29, 1.82) is 0 Å². The van der Waals surface area contributed by atoms with Gasteiger partial charge in [-0.05, 0) is 30.7 Å². The van der Waals surface area contributed by atoms with Gasteiger partial charge in [-0.2, -0.15) is 0 Å². The second kappa shape index (κ2) is 7.48. The molecule has 2 heterocycles. The van der Waals surface area contributed by atoms with Gasteiger partial charge in [-0.1, -0.05) is 0 Å². The molecule has 2 amide bonds. The summed E-state index contributed by atoms with van der Waals surface area (Å²) < 4.78 is 11.4. The summed E-state index contributed by atoms with van der Waals surface area (Å²) in [5, 5.41) is 0. The highest BCUT2D eigenvalue weighted by molar-refractivity contribution is 6.12. The third-order valence-corrected chi connectivity index (χ3v) is 3.93. The highest BCUT2D eigenvalue weighted by Gasteiger charge is 2.33.